The standard InChI is InChI=1S/C21H21F2N5OS/c1-14-2-4-15(5-3-14)12-19-25-21(30-26-19)28-10-8-27(9-11-28)20(29)24-18-7-6-16(22)13-17(18)23/h2-7,13H,8-12H2,1H3,(H,24,29). The first-order chi connectivity index (χ1) is 14.5. The number of nitrogens with one attached hydrogen (secondary N) is 1. The van der Waals surface area contributed by atoms with E-state index in [9.17, 15) is 13.6 Å². The van der Waals surface area contributed by atoms with Crippen molar-refractivity contribution in [1.82, 2.24) is 14.3 Å². The highest BCUT2D eigenvalue weighted by molar-refractivity contribution is 7.09. The van der Waals surface area contributed by atoms with Crippen LogP contribution in [-0.2, 0) is 6.42 Å². The van der Waals surface area contributed by atoms with Crippen LogP contribution in [0.15, 0.2) is 42.5 Å². The number of benzene rings is 2. The van der Waals surface area contributed by atoms with Crippen LogP contribution in [0.4, 0.5) is 24.4 Å². The molecule has 0 bridgehead atoms. The lowest BCUT2D eigenvalue weighted by Crippen LogP contribution is -2.50. The van der Waals surface area contributed by atoms with E-state index in [2.05, 4.69) is 50.8 Å². The minimum atomic E-state index is -0.794. The normalized spacial score (nSPS) is 14.1. The molecule has 2 heterocycles. The fraction of sp³-hybridized carbons (Fsp3) is 0.286. The molecule has 1 fully saturated rings. The van der Waals surface area contributed by atoms with E-state index in [0.717, 1.165) is 23.1 Å². The lowest BCUT2D eigenvalue weighted by atomic mass is 10.1. The van der Waals surface area contributed by atoms with Crippen LogP contribution in [0.5, 0.6) is 0 Å². The van der Waals surface area contributed by atoms with Gasteiger partial charge in [0.2, 0.25) is 5.13 Å². The van der Waals surface area contributed by atoms with Gasteiger partial charge in [-0.05, 0) is 24.6 Å². The third-order valence-corrected chi connectivity index (χ3v) is 5.77. The lowest BCUT2D eigenvalue weighted by Gasteiger charge is -2.34. The summed E-state index contributed by atoms with van der Waals surface area (Å²) in [5.41, 5.74) is 2.35. The molecular formula is C21H21F2N5OS. The second-order valence-electron chi connectivity index (χ2n) is 7.18. The smallest absolute Gasteiger partial charge is 0.322 e. The first kappa shape index (κ1) is 20.2. The van der Waals surface area contributed by atoms with E-state index in [1.807, 2.05) is 0 Å². The number of hydrogen-bond acceptors (Lipinski definition) is 5. The number of piperazine rings is 1. The highest BCUT2D eigenvalue weighted by atomic mass is 32.1. The third-order valence-electron chi connectivity index (χ3n) is 4.95. The number of carbonyl (C=O) groups excluding carboxylic acids is 1. The van der Waals surface area contributed by atoms with Gasteiger partial charge in [-0.15, -0.1) is 0 Å². The molecule has 2 amide bonds. The van der Waals surface area contributed by atoms with E-state index in [1.165, 1.54) is 28.7 Å². The highest BCUT2D eigenvalue weighted by Gasteiger charge is 2.24. The van der Waals surface area contributed by atoms with Gasteiger partial charge >= 0.3 is 6.03 Å². The van der Waals surface area contributed by atoms with Gasteiger partial charge in [-0.2, -0.15) is 4.37 Å². The second kappa shape index (κ2) is 8.74. The number of anilines is 2. The van der Waals surface area contributed by atoms with Crippen molar-refractivity contribution in [3.63, 3.8) is 0 Å². The lowest BCUT2D eigenvalue weighted by molar-refractivity contribution is 0.208. The Kier molecular flexibility index (Phi) is 5.89. The van der Waals surface area contributed by atoms with E-state index in [0.29, 0.717) is 32.6 Å². The Balaban J connectivity index is 1.31. The second-order valence-corrected chi connectivity index (χ2v) is 7.91. The van der Waals surface area contributed by atoms with Crippen molar-refractivity contribution in [3.8, 4) is 0 Å². The summed E-state index contributed by atoms with van der Waals surface area (Å²) in [7, 11) is 0. The van der Waals surface area contributed by atoms with E-state index >= 15 is 0 Å². The Morgan fingerprint density at radius 3 is 2.53 bits per heavy atom. The monoisotopic (exact) mass is 429 g/mol. The summed E-state index contributed by atoms with van der Waals surface area (Å²) in [4.78, 5) is 20.7. The summed E-state index contributed by atoms with van der Waals surface area (Å²) in [6.45, 7) is 4.22. The molecule has 0 aliphatic carbocycles. The fourth-order valence-corrected chi connectivity index (χ4v) is 3.96. The minimum Gasteiger partial charge on any atom is -0.343 e. The first-order valence-electron chi connectivity index (χ1n) is 9.62. The number of halogens is 2. The van der Waals surface area contributed by atoms with Gasteiger partial charge in [0.15, 0.2) is 0 Å². The molecule has 30 heavy (non-hydrogen) atoms. The van der Waals surface area contributed by atoms with Crippen molar-refractivity contribution >= 4 is 28.4 Å². The molecule has 0 spiro atoms. The number of urea groups is 1. The average Bonchev–Trinajstić information content (AvgIpc) is 3.20. The number of aryl methyl sites for hydroxylation is 1. The molecule has 1 aliphatic rings. The fourth-order valence-electron chi connectivity index (χ4n) is 3.22. The molecular weight excluding hydrogens is 408 g/mol. The molecule has 0 atom stereocenters. The predicted molar refractivity (Wildman–Crippen MR) is 113 cm³/mol. The van der Waals surface area contributed by atoms with Gasteiger partial charge < -0.3 is 15.1 Å². The van der Waals surface area contributed by atoms with Crippen LogP contribution in [-0.4, -0.2) is 46.5 Å². The maximum absolute atomic E-state index is 13.7. The van der Waals surface area contributed by atoms with Crippen molar-refractivity contribution in [3.05, 3.63) is 71.1 Å². The molecule has 2 aromatic carbocycles. The molecule has 156 valence electrons. The van der Waals surface area contributed by atoms with Crippen molar-refractivity contribution in [2.75, 3.05) is 36.4 Å². The van der Waals surface area contributed by atoms with Gasteiger partial charge in [0, 0.05) is 50.2 Å². The molecule has 0 unspecified atom stereocenters. The van der Waals surface area contributed by atoms with Crippen molar-refractivity contribution in [2.24, 2.45) is 0 Å². The maximum Gasteiger partial charge on any atom is 0.322 e. The Morgan fingerprint density at radius 2 is 1.83 bits per heavy atom. The van der Waals surface area contributed by atoms with E-state index < -0.39 is 17.7 Å². The number of carbonyl (C=O) groups is 1. The Morgan fingerprint density at radius 1 is 1.10 bits per heavy atom. The quantitative estimate of drug-likeness (QED) is 0.679. The molecule has 0 radical (unpaired) electrons. The van der Waals surface area contributed by atoms with E-state index in [4.69, 9.17) is 0 Å². The van der Waals surface area contributed by atoms with Crippen LogP contribution < -0.4 is 10.2 Å². The molecule has 3 aromatic rings. The van der Waals surface area contributed by atoms with Gasteiger partial charge in [-0.25, -0.2) is 18.6 Å². The van der Waals surface area contributed by atoms with Crippen LogP contribution in [0.25, 0.3) is 0 Å². The van der Waals surface area contributed by atoms with Crippen molar-refractivity contribution < 1.29 is 13.6 Å². The van der Waals surface area contributed by atoms with Crippen molar-refractivity contribution in [1.29, 1.82) is 0 Å². The summed E-state index contributed by atoms with van der Waals surface area (Å²) in [5, 5.41) is 3.33. The Hall–Kier alpha value is -3.07. The highest BCUT2D eigenvalue weighted by Crippen LogP contribution is 2.21. The maximum atomic E-state index is 13.7. The van der Waals surface area contributed by atoms with Crippen LogP contribution in [0.1, 0.15) is 17.0 Å². The SMILES string of the molecule is Cc1ccc(Cc2nsc(N3CCN(C(=O)Nc4ccc(F)cc4F)CC3)n2)cc1. The molecule has 4 rings (SSSR count). The van der Waals surface area contributed by atoms with Gasteiger partial charge in [0.1, 0.15) is 17.5 Å². The molecule has 0 saturated carbocycles. The third kappa shape index (κ3) is 4.73. The van der Waals surface area contributed by atoms with Gasteiger partial charge in [0.25, 0.3) is 0 Å². The molecule has 6 nitrogen and oxygen atoms in total. The predicted octanol–water partition coefficient (Wildman–Crippen LogP) is 4.07. The molecule has 9 heteroatoms. The number of hydrogen-bond donors (Lipinski definition) is 1. The van der Waals surface area contributed by atoms with Crippen LogP contribution in [0.3, 0.4) is 0 Å². The van der Waals surface area contributed by atoms with Gasteiger partial charge in [0.05, 0.1) is 5.69 Å². The zero-order chi connectivity index (χ0) is 21.1. The molecule has 1 saturated heterocycles. The average molecular weight is 429 g/mol. The Labute approximate surface area is 177 Å². The van der Waals surface area contributed by atoms with E-state index in [1.54, 1.807) is 4.90 Å². The topological polar surface area (TPSA) is 61.4 Å². The Bertz CT molecular complexity index is 1030. The van der Waals surface area contributed by atoms with Crippen molar-refractivity contribution in [2.45, 2.75) is 13.3 Å². The molecule has 1 aliphatic heterocycles. The number of nitrogens with zero attached hydrogens (tertiary/aromatic N) is 4. The van der Waals surface area contributed by atoms with Gasteiger partial charge in [-0.1, -0.05) is 29.8 Å². The van der Waals surface area contributed by atoms with E-state index in [-0.39, 0.29) is 5.69 Å². The summed E-state index contributed by atoms with van der Waals surface area (Å²) >= 11 is 1.35. The molecule has 1 aromatic heterocycles. The largest absolute Gasteiger partial charge is 0.343 e. The zero-order valence-electron chi connectivity index (χ0n) is 16.4. The minimum absolute atomic E-state index is 0.0336. The molecule has 1 N–H and O–H groups in total. The summed E-state index contributed by atoms with van der Waals surface area (Å²) < 4.78 is 31.2. The zero-order valence-corrected chi connectivity index (χ0v) is 17.3. The number of aromatic nitrogens is 2. The van der Waals surface area contributed by atoms with Gasteiger partial charge in [-0.3, -0.25) is 0 Å². The van der Waals surface area contributed by atoms with Crippen LogP contribution in [0, 0.1) is 18.6 Å². The van der Waals surface area contributed by atoms with Crippen LogP contribution in [0.2, 0.25) is 0 Å². The van der Waals surface area contributed by atoms with Crippen LogP contribution >= 0.6 is 11.5 Å². The number of rotatable bonds is 4. The summed E-state index contributed by atoms with van der Waals surface area (Å²) in [6.07, 6.45) is 0.683. The summed E-state index contributed by atoms with van der Waals surface area (Å²) in [6, 6.07) is 11.0. The number of amides is 2. The summed E-state index contributed by atoms with van der Waals surface area (Å²) in [5.74, 6) is -0.694. The first-order valence-corrected chi connectivity index (χ1v) is 10.4.